The summed E-state index contributed by atoms with van der Waals surface area (Å²) in [5.74, 6) is 1.57. The van der Waals surface area contributed by atoms with Gasteiger partial charge in [-0.25, -0.2) is 0 Å². The SMILES string of the molecule is CC1CC(C(=O)N2CCC(C(C)C)CC2)=NO1. The first kappa shape index (κ1) is 12.4. The molecule has 0 aromatic heterocycles. The van der Waals surface area contributed by atoms with Crippen LogP contribution in [0.25, 0.3) is 0 Å². The number of likely N-dealkylation sites (tertiary alicyclic amines) is 1. The van der Waals surface area contributed by atoms with Crippen LogP contribution in [-0.2, 0) is 9.63 Å². The van der Waals surface area contributed by atoms with Gasteiger partial charge in [-0.2, -0.15) is 0 Å². The van der Waals surface area contributed by atoms with Crippen LogP contribution in [0.2, 0.25) is 0 Å². The molecule has 0 spiro atoms. The van der Waals surface area contributed by atoms with Gasteiger partial charge in [-0.1, -0.05) is 19.0 Å². The van der Waals surface area contributed by atoms with E-state index < -0.39 is 0 Å². The second-order valence-electron chi connectivity index (χ2n) is 5.53. The zero-order chi connectivity index (χ0) is 12.4. The van der Waals surface area contributed by atoms with Crippen molar-refractivity contribution >= 4 is 11.6 Å². The summed E-state index contributed by atoms with van der Waals surface area (Å²) in [5, 5.41) is 3.87. The zero-order valence-electron chi connectivity index (χ0n) is 11.0. The molecule has 96 valence electrons. The van der Waals surface area contributed by atoms with Crippen LogP contribution in [0.5, 0.6) is 0 Å². The molecule has 1 unspecified atom stereocenters. The third-order valence-corrected chi connectivity index (χ3v) is 3.84. The summed E-state index contributed by atoms with van der Waals surface area (Å²) >= 11 is 0. The predicted molar refractivity (Wildman–Crippen MR) is 66.7 cm³/mol. The van der Waals surface area contributed by atoms with Crippen LogP contribution in [0, 0.1) is 11.8 Å². The van der Waals surface area contributed by atoms with Crippen LogP contribution in [0.1, 0.15) is 40.0 Å². The fraction of sp³-hybridized carbons (Fsp3) is 0.846. The molecule has 1 saturated heterocycles. The molecule has 0 bridgehead atoms. The standard InChI is InChI=1S/C13H22N2O2/c1-9(2)11-4-6-15(7-5-11)13(16)12-8-10(3)17-14-12/h9-11H,4-8H2,1-3H3. The van der Waals surface area contributed by atoms with E-state index in [1.165, 1.54) is 0 Å². The molecule has 2 aliphatic heterocycles. The molecule has 0 aliphatic carbocycles. The third kappa shape index (κ3) is 2.79. The van der Waals surface area contributed by atoms with Crippen molar-refractivity contribution in [3.05, 3.63) is 0 Å². The highest BCUT2D eigenvalue weighted by Gasteiger charge is 2.30. The number of piperidine rings is 1. The van der Waals surface area contributed by atoms with Crippen LogP contribution in [0.3, 0.4) is 0 Å². The molecule has 0 radical (unpaired) electrons. The lowest BCUT2D eigenvalue weighted by molar-refractivity contribution is -0.125. The molecule has 2 rings (SSSR count). The van der Waals surface area contributed by atoms with Gasteiger partial charge in [0.2, 0.25) is 0 Å². The van der Waals surface area contributed by atoms with Crippen molar-refractivity contribution in [2.75, 3.05) is 13.1 Å². The second-order valence-corrected chi connectivity index (χ2v) is 5.53. The molecule has 17 heavy (non-hydrogen) atoms. The molecule has 1 fully saturated rings. The van der Waals surface area contributed by atoms with Crippen LogP contribution in [-0.4, -0.2) is 35.7 Å². The number of oxime groups is 1. The highest BCUT2D eigenvalue weighted by atomic mass is 16.6. The van der Waals surface area contributed by atoms with E-state index in [1.807, 2.05) is 11.8 Å². The van der Waals surface area contributed by atoms with Gasteiger partial charge in [0.05, 0.1) is 0 Å². The topological polar surface area (TPSA) is 41.9 Å². The minimum Gasteiger partial charge on any atom is -0.392 e. The van der Waals surface area contributed by atoms with Gasteiger partial charge < -0.3 is 9.74 Å². The Morgan fingerprint density at radius 1 is 1.41 bits per heavy atom. The maximum absolute atomic E-state index is 12.1. The Hall–Kier alpha value is -1.06. The summed E-state index contributed by atoms with van der Waals surface area (Å²) < 4.78 is 0. The molecule has 1 amide bonds. The number of hydrogen-bond acceptors (Lipinski definition) is 3. The summed E-state index contributed by atoms with van der Waals surface area (Å²) in [6, 6.07) is 0. The first-order valence-corrected chi connectivity index (χ1v) is 6.60. The van der Waals surface area contributed by atoms with E-state index >= 15 is 0 Å². The second kappa shape index (κ2) is 5.07. The first-order chi connectivity index (χ1) is 8.08. The summed E-state index contributed by atoms with van der Waals surface area (Å²) in [4.78, 5) is 19.1. The van der Waals surface area contributed by atoms with Crippen LogP contribution in [0.15, 0.2) is 5.16 Å². The van der Waals surface area contributed by atoms with Crippen molar-refractivity contribution in [1.82, 2.24) is 4.90 Å². The molecule has 1 atom stereocenters. The van der Waals surface area contributed by atoms with E-state index in [0.29, 0.717) is 12.1 Å². The third-order valence-electron chi connectivity index (χ3n) is 3.84. The van der Waals surface area contributed by atoms with Crippen molar-refractivity contribution in [2.45, 2.75) is 46.1 Å². The van der Waals surface area contributed by atoms with E-state index in [9.17, 15) is 4.79 Å². The van der Waals surface area contributed by atoms with E-state index in [-0.39, 0.29) is 12.0 Å². The molecule has 0 aromatic carbocycles. The number of rotatable bonds is 2. The van der Waals surface area contributed by atoms with E-state index in [4.69, 9.17) is 4.84 Å². The smallest absolute Gasteiger partial charge is 0.271 e. The number of amides is 1. The van der Waals surface area contributed by atoms with E-state index in [1.54, 1.807) is 0 Å². The lowest BCUT2D eigenvalue weighted by Crippen LogP contribution is -2.42. The van der Waals surface area contributed by atoms with Crippen molar-refractivity contribution in [1.29, 1.82) is 0 Å². The molecular weight excluding hydrogens is 216 g/mol. The fourth-order valence-electron chi connectivity index (χ4n) is 2.58. The van der Waals surface area contributed by atoms with Crippen molar-refractivity contribution in [3.63, 3.8) is 0 Å². The normalized spacial score (nSPS) is 26.0. The Balaban J connectivity index is 1.86. The number of carbonyl (C=O) groups excluding carboxylic acids is 1. The number of carbonyl (C=O) groups is 1. The molecule has 0 aromatic rings. The van der Waals surface area contributed by atoms with Gasteiger partial charge in [0.1, 0.15) is 11.8 Å². The predicted octanol–water partition coefficient (Wildman–Crippen LogP) is 2.05. The summed E-state index contributed by atoms with van der Waals surface area (Å²) in [7, 11) is 0. The monoisotopic (exact) mass is 238 g/mol. The lowest BCUT2D eigenvalue weighted by atomic mass is 9.86. The average molecular weight is 238 g/mol. The number of nitrogens with zero attached hydrogens (tertiary/aromatic N) is 2. The Morgan fingerprint density at radius 3 is 2.53 bits per heavy atom. The van der Waals surface area contributed by atoms with Gasteiger partial charge in [-0.15, -0.1) is 0 Å². The minimum absolute atomic E-state index is 0.0575. The van der Waals surface area contributed by atoms with E-state index in [2.05, 4.69) is 19.0 Å². The fourth-order valence-corrected chi connectivity index (χ4v) is 2.58. The van der Waals surface area contributed by atoms with Crippen LogP contribution in [0.4, 0.5) is 0 Å². The molecule has 2 aliphatic rings. The molecule has 0 N–H and O–H groups in total. The molecular formula is C13H22N2O2. The van der Waals surface area contributed by atoms with Gasteiger partial charge in [0.25, 0.3) is 5.91 Å². The highest BCUT2D eigenvalue weighted by Crippen LogP contribution is 2.25. The Kier molecular flexibility index (Phi) is 3.69. The van der Waals surface area contributed by atoms with Gasteiger partial charge >= 0.3 is 0 Å². The quantitative estimate of drug-likeness (QED) is 0.739. The zero-order valence-corrected chi connectivity index (χ0v) is 11.0. The van der Waals surface area contributed by atoms with Gasteiger partial charge in [0.15, 0.2) is 0 Å². The molecule has 4 heteroatoms. The Bertz CT molecular complexity index is 317. The summed E-state index contributed by atoms with van der Waals surface area (Å²) in [6.45, 7) is 8.20. The maximum Gasteiger partial charge on any atom is 0.271 e. The maximum atomic E-state index is 12.1. The highest BCUT2D eigenvalue weighted by molar-refractivity contribution is 6.39. The minimum atomic E-state index is 0.0575. The lowest BCUT2D eigenvalue weighted by Gasteiger charge is -2.33. The first-order valence-electron chi connectivity index (χ1n) is 6.60. The molecule has 4 nitrogen and oxygen atoms in total. The van der Waals surface area contributed by atoms with Gasteiger partial charge in [0, 0.05) is 19.5 Å². The molecule has 2 heterocycles. The largest absolute Gasteiger partial charge is 0.392 e. The Labute approximate surface area is 103 Å². The average Bonchev–Trinajstić information content (AvgIpc) is 2.75. The van der Waals surface area contributed by atoms with Crippen molar-refractivity contribution < 1.29 is 9.63 Å². The van der Waals surface area contributed by atoms with Crippen molar-refractivity contribution in [2.24, 2.45) is 17.0 Å². The van der Waals surface area contributed by atoms with Gasteiger partial charge in [-0.3, -0.25) is 4.79 Å². The van der Waals surface area contributed by atoms with Crippen LogP contribution < -0.4 is 0 Å². The number of hydrogen-bond donors (Lipinski definition) is 0. The van der Waals surface area contributed by atoms with Crippen molar-refractivity contribution in [3.8, 4) is 0 Å². The Morgan fingerprint density at radius 2 is 2.06 bits per heavy atom. The van der Waals surface area contributed by atoms with Crippen LogP contribution >= 0.6 is 0 Å². The summed E-state index contributed by atoms with van der Waals surface area (Å²) in [6.07, 6.45) is 2.95. The van der Waals surface area contributed by atoms with Gasteiger partial charge in [-0.05, 0) is 31.6 Å². The van der Waals surface area contributed by atoms with E-state index in [0.717, 1.165) is 37.8 Å². The molecule has 0 saturated carbocycles. The summed E-state index contributed by atoms with van der Waals surface area (Å²) in [5.41, 5.74) is 0.598.